The molecule has 0 fully saturated rings. The molecule has 2 aromatic carbocycles. The fourth-order valence-corrected chi connectivity index (χ4v) is 5.01. The fraction of sp³-hybridized carbons (Fsp3) is 0.208. The first kappa shape index (κ1) is 20.3. The minimum atomic E-state index is -0.887. The van der Waals surface area contributed by atoms with E-state index in [0.29, 0.717) is 22.9 Å². The summed E-state index contributed by atoms with van der Waals surface area (Å²) in [5, 5.41) is 5.63. The number of fused-ring (bicyclic) bond motifs is 2. The molecular weight excluding hydrogens is 424 g/mol. The van der Waals surface area contributed by atoms with Crippen LogP contribution in [0.2, 0.25) is 0 Å². The molecule has 7 nitrogen and oxygen atoms in total. The zero-order chi connectivity index (χ0) is 22.4. The van der Waals surface area contributed by atoms with Crippen LogP contribution in [-0.4, -0.2) is 34.2 Å². The topological polar surface area (TPSA) is 90.5 Å². The molecule has 1 atom stereocenters. The van der Waals surface area contributed by atoms with Gasteiger partial charge in [-0.2, -0.15) is 5.10 Å². The Morgan fingerprint density at radius 1 is 1.16 bits per heavy atom. The van der Waals surface area contributed by atoms with Crippen LogP contribution in [0.3, 0.4) is 0 Å². The third kappa shape index (κ3) is 3.52. The van der Waals surface area contributed by atoms with Gasteiger partial charge in [0.05, 0.1) is 29.3 Å². The Morgan fingerprint density at radius 3 is 2.66 bits per heavy atom. The molecule has 8 heteroatoms. The minimum Gasteiger partial charge on any atom is -0.477 e. The molecule has 5 rings (SSSR count). The Balaban J connectivity index is 1.50. The van der Waals surface area contributed by atoms with E-state index in [-0.39, 0.29) is 12.5 Å². The van der Waals surface area contributed by atoms with Crippen LogP contribution in [0, 0.1) is 13.8 Å². The molecule has 0 unspecified atom stereocenters. The van der Waals surface area contributed by atoms with Crippen molar-refractivity contribution < 1.29 is 14.3 Å². The minimum absolute atomic E-state index is 0.0773. The summed E-state index contributed by atoms with van der Waals surface area (Å²) in [6, 6.07) is 17.4. The summed E-state index contributed by atoms with van der Waals surface area (Å²) >= 11 is 1.41. The number of ether oxygens (including phenoxy) is 1. The van der Waals surface area contributed by atoms with Gasteiger partial charge in [0.15, 0.2) is 6.10 Å². The highest BCUT2D eigenvalue weighted by molar-refractivity contribution is 7.20. The predicted molar refractivity (Wildman–Crippen MR) is 124 cm³/mol. The Labute approximate surface area is 189 Å². The molecule has 0 bridgehead atoms. The van der Waals surface area contributed by atoms with Crippen LogP contribution in [0.4, 0.5) is 5.69 Å². The lowest BCUT2D eigenvalue weighted by molar-refractivity contribution is -0.124. The van der Waals surface area contributed by atoms with E-state index in [9.17, 15) is 9.59 Å². The number of para-hydroxylation sites is 2. The summed E-state index contributed by atoms with van der Waals surface area (Å²) in [4.78, 5) is 28.4. The standard InChI is InChI=1S/C24H22N4O3S/c1-14-7-9-16(10-8-14)12-28-24-17(15(2)26-28)11-21(32-24)23(30)27-13-20(22(25)29)31-19-6-4-3-5-18(19)27/h3-11,20H,12-13H2,1-2H3,(H2,25,29)/t20-/m0/s1. The van der Waals surface area contributed by atoms with Gasteiger partial charge in [0.2, 0.25) is 0 Å². The van der Waals surface area contributed by atoms with Gasteiger partial charge < -0.3 is 10.5 Å². The van der Waals surface area contributed by atoms with Crippen molar-refractivity contribution in [1.82, 2.24) is 9.78 Å². The van der Waals surface area contributed by atoms with Crippen molar-refractivity contribution in [3.63, 3.8) is 0 Å². The van der Waals surface area contributed by atoms with Crippen molar-refractivity contribution in [2.75, 3.05) is 11.4 Å². The lowest BCUT2D eigenvalue weighted by Crippen LogP contribution is -2.49. The number of primary amides is 1. The number of nitrogens with two attached hydrogens (primary N) is 1. The van der Waals surface area contributed by atoms with Crippen molar-refractivity contribution in [2.24, 2.45) is 5.73 Å². The van der Waals surface area contributed by atoms with Crippen LogP contribution in [-0.2, 0) is 11.3 Å². The zero-order valence-electron chi connectivity index (χ0n) is 17.7. The molecule has 162 valence electrons. The number of aryl methyl sites for hydroxylation is 2. The van der Waals surface area contributed by atoms with Crippen LogP contribution in [0.25, 0.3) is 10.2 Å². The van der Waals surface area contributed by atoms with Gasteiger partial charge in [-0.3, -0.25) is 19.2 Å². The number of benzene rings is 2. The summed E-state index contributed by atoms with van der Waals surface area (Å²) in [5.74, 6) is -0.313. The van der Waals surface area contributed by atoms with Crippen molar-refractivity contribution in [2.45, 2.75) is 26.5 Å². The number of carbonyl (C=O) groups excluding carboxylic acids is 2. The third-order valence-corrected chi connectivity index (χ3v) is 6.74. The van der Waals surface area contributed by atoms with Gasteiger partial charge in [0, 0.05) is 5.39 Å². The molecule has 0 radical (unpaired) electrons. The number of thiophene rings is 1. The van der Waals surface area contributed by atoms with Gasteiger partial charge in [0.1, 0.15) is 10.6 Å². The Kier molecular flexibility index (Phi) is 4.94. The monoisotopic (exact) mass is 446 g/mol. The second kappa shape index (κ2) is 7.80. The smallest absolute Gasteiger partial charge is 0.268 e. The quantitative estimate of drug-likeness (QED) is 0.518. The first-order valence-electron chi connectivity index (χ1n) is 10.3. The average Bonchev–Trinajstić information content (AvgIpc) is 3.35. The van der Waals surface area contributed by atoms with E-state index in [1.807, 2.05) is 29.8 Å². The van der Waals surface area contributed by atoms with Crippen LogP contribution in [0.5, 0.6) is 5.75 Å². The molecule has 1 aliphatic rings. The van der Waals surface area contributed by atoms with E-state index < -0.39 is 12.0 Å². The number of anilines is 1. The fourth-order valence-electron chi connectivity index (χ4n) is 3.90. The highest BCUT2D eigenvalue weighted by Gasteiger charge is 2.34. The number of amides is 2. The summed E-state index contributed by atoms with van der Waals surface area (Å²) in [6.45, 7) is 4.71. The molecule has 4 aromatic rings. The zero-order valence-corrected chi connectivity index (χ0v) is 18.6. The maximum absolute atomic E-state index is 13.5. The molecule has 2 N–H and O–H groups in total. The van der Waals surface area contributed by atoms with Gasteiger partial charge in [-0.05, 0) is 37.6 Å². The SMILES string of the molecule is Cc1ccc(Cn2nc(C)c3cc(C(=O)N4C[C@@H](C(N)=O)Oc5ccccc54)sc32)cc1. The molecule has 32 heavy (non-hydrogen) atoms. The molecule has 0 saturated heterocycles. The lowest BCUT2D eigenvalue weighted by Gasteiger charge is -2.33. The average molecular weight is 447 g/mol. The van der Waals surface area contributed by atoms with Gasteiger partial charge in [-0.15, -0.1) is 11.3 Å². The highest BCUT2D eigenvalue weighted by atomic mass is 32.1. The van der Waals surface area contributed by atoms with E-state index in [2.05, 4.69) is 36.3 Å². The number of nitrogens with zero attached hydrogens (tertiary/aromatic N) is 3. The Hall–Kier alpha value is -3.65. The normalized spacial score (nSPS) is 15.4. The van der Waals surface area contributed by atoms with E-state index >= 15 is 0 Å². The molecule has 0 saturated carbocycles. The second-order valence-electron chi connectivity index (χ2n) is 7.95. The van der Waals surface area contributed by atoms with Crippen molar-refractivity contribution in [3.05, 3.63) is 76.3 Å². The van der Waals surface area contributed by atoms with Crippen molar-refractivity contribution >= 4 is 39.1 Å². The number of hydrogen-bond donors (Lipinski definition) is 1. The Bertz CT molecular complexity index is 1340. The second-order valence-corrected chi connectivity index (χ2v) is 8.98. The van der Waals surface area contributed by atoms with E-state index in [4.69, 9.17) is 10.5 Å². The third-order valence-electron chi connectivity index (χ3n) is 5.61. The van der Waals surface area contributed by atoms with Crippen LogP contribution >= 0.6 is 11.3 Å². The Morgan fingerprint density at radius 2 is 1.91 bits per heavy atom. The highest BCUT2D eigenvalue weighted by Crippen LogP contribution is 2.36. The molecule has 1 aliphatic heterocycles. The van der Waals surface area contributed by atoms with Crippen LogP contribution < -0.4 is 15.4 Å². The first-order valence-corrected chi connectivity index (χ1v) is 11.1. The molecule has 2 aromatic heterocycles. The maximum atomic E-state index is 13.5. The number of aromatic nitrogens is 2. The summed E-state index contributed by atoms with van der Waals surface area (Å²) < 4.78 is 7.63. The van der Waals surface area contributed by atoms with Crippen LogP contribution in [0.1, 0.15) is 26.5 Å². The largest absolute Gasteiger partial charge is 0.477 e. The summed E-state index contributed by atoms with van der Waals surface area (Å²) in [7, 11) is 0. The molecule has 2 amide bonds. The lowest BCUT2D eigenvalue weighted by atomic mass is 10.1. The number of hydrogen-bond acceptors (Lipinski definition) is 5. The maximum Gasteiger partial charge on any atom is 0.268 e. The van der Waals surface area contributed by atoms with E-state index in [1.54, 1.807) is 17.0 Å². The van der Waals surface area contributed by atoms with Gasteiger partial charge >= 0.3 is 0 Å². The van der Waals surface area contributed by atoms with Crippen molar-refractivity contribution in [3.8, 4) is 5.75 Å². The first-order chi connectivity index (χ1) is 15.4. The number of carbonyl (C=O) groups is 2. The van der Waals surface area contributed by atoms with Gasteiger partial charge in [0.25, 0.3) is 11.8 Å². The molecule has 0 spiro atoms. The molecular formula is C24H22N4O3S. The van der Waals surface area contributed by atoms with Crippen molar-refractivity contribution in [1.29, 1.82) is 0 Å². The molecule has 0 aliphatic carbocycles. The van der Waals surface area contributed by atoms with E-state index in [1.165, 1.54) is 16.9 Å². The summed E-state index contributed by atoms with van der Waals surface area (Å²) in [5.41, 5.74) is 9.34. The predicted octanol–water partition coefficient (Wildman–Crippen LogP) is 3.66. The van der Waals surface area contributed by atoms with E-state index in [0.717, 1.165) is 21.5 Å². The number of rotatable bonds is 4. The summed E-state index contributed by atoms with van der Waals surface area (Å²) in [6.07, 6.45) is -0.887. The van der Waals surface area contributed by atoms with Gasteiger partial charge in [-0.1, -0.05) is 42.0 Å². The van der Waals surface area contributed by atoms with Crippen LogP contribution in [0.15, 0.2) is 54.6 Å². The van der Waals surface area contributed by atoms with Gasteiger partial charge in [-0.25, -0.2) is 0 Å². The molecule has 3 heterocycles.